The molecule has 154 valence electrons. The van der Waals surface area contributed by atoms with Crippen molar-refractivity contribution < 1.29 is 14.6 Å². The lowest BCUT2D eigenvalue weighted by Gasteiger charge is -2.32. The molecule has 0 bridgehead atoms. The van der Waals surface area contributed by atoms with Crippen LogP contribution in [0.4, 0.5) is 11.4 Å². The first kappa shape index (κ1) is 19.7. The summed E-state index contributed by atoms with van der Waals surface area (Å²) in [5, 5.41) is 12.8. The van der Waals surface area contributed by atoms with Crippen LogP contribution >= 0.6 is 0 Å². The average Bonchev–Trinajstić information content (AvgIpc) is 2.76. The number of rotatable bonds is 5. The molecule has 0 spiro atoms. The third kappa shape index (κ3) is 5.07. The largest absolute Gasteiger partial charge is 0.474 e. The van der Waals surface area contributed by atoms with Crippen LogP contribution in [0.1, 0.15) is 55.3 Å². The Morgan fingerprint density at radius 3 is 2.62 bits per heavy atom. The van der Waals surface area contributed by atoms with Crippen LogP contribution in [0.3, 0.4) is 0 Å². The van der Waals surface area contributed by atoms with E-state index >= 15 is 0 Å². The highest BCUT2D eigenvalue weighted by molar-refractivity contribution is 6.06. The summed E-state index contributed by atoms with van der Waals surface area (Å²) in [5.41, 5.74) is 2.30. The van der Waals surface area contributed by atoms with Gasteiger partial charge in [0.2, 0.25) is 5.88 Å². The molecule has 1 aromatic carbocycles. The van der Waals surface area contributed by atoms with Crippen LogP contribution in [0.25, 0.3) is 0 Å². The van der Waals surface area contributed by atoms with Crippen molar-refractivity contribution in [2.45, 2.75) is 57.2 Å². The number of pyridine rings is 1. The lowest BCUT2D eigenvalue weighted by atomic mass is 9.98. The third-order valence-electron chi connectivity index (χ3n) is 5.79. The van der Waals surface area contributed by atoms with E-state index in [2.05, 4.69) is 15.2 Å². The summed E-state index contributed by atoms with van der Waals surface area (Å²) in [5.74, 6) is 0.341. The van der Waals surface area contributed by atoms with Crippen molar-refractivity contribution in [2.24, 2.45) is 0 Å². The maximum atomic E-state index is 12.9. The molecule has 6 nitrogen and oxygen atoms in total. The minimum Gasteiger partial charge on any atom is -0.474 e. The molecule has 1 amide bonds. The second-order valence-corrected chi connectivity index (χ2v) is 7.95. The van der Waals surface area contributed by atoms with Crippen molar-refractivity contribution in [3.05, 3.63) is 48.2 Å². The Morgan fingerprint density at radius 1 is 1.07 bits per heavy atom. The van der Waals surface area contributed by atoms with Crippen LogP contribution in [0.5, 0.6) is 5.88 Å². The lowest BCUT2D eigenvalue weighted by Crippen LogP contribution is -2.36. The molecule has 0 radical (unpaired) electrons. The summed E-state index contributed by atoms with van der Waals surface area (Å²) in [6, 6.07) is 11.3. The fourth-order valence-corrected chi connectivity index (χ4v) is 4.13. The predicted octanol–water partition coefficient (Wildman–Crippen LogP) is 4.01. The molecular weight excluding hydrogens is 366 g/mol. The molecule has 2 N–H and O–H groups in total. The zero-order valence-electron chi connectivity index (χ0n) is 16.7. The molecule has 1 saturated heterocycles. The summed E-state index contributed by atoms with van der Waals surface area (Å²) in [7, 11) is 0. The number of benzene rings is 1. The summed E-state index contributed by atoms with van der Waals surface area (Å²) >= 11 is 0. The Bertz CT molecular complexity index is 828. The number of aromatic nitrogens is 1. The van der Waals surface area contributed by atoms with Gasteiger partial charge in [-0.2, -0.15) is 0 Å². The van der Waals surface area contributed by atoms with E-state index in [0.717, 1.165) is 50.1 Å². The van der Waals surface area contributed by atoms with Crippen molar-refractivity contribution in [1.82, 2.24) is 4.98 Å². The topological polar surface area (TPSA) is 74.7 Å². The predicted molar refractivity (Wildman–Crippen MR) is 114 cm³/mol. The van der Waals surface area contributed by atoms with Crippen LogP contribution in [0, 0.1) is 0 Å². The zero-order valence-corrected chi connectivity index (χ0v) is 16.7. The molecule has 6 heteroatoms. The van der Waals surface area contributed by atoms with E-state index in [0.29, 0.717) is 11.4 Å². The Morgan fingerprint density at radius 2 is 1.83 bits per heavy atom. The minimum atomic E-state index is -0.229. The van der Waals surface area contributed by atoms with Crippen molar-refractivity contribution in [3.8, 4) is 5.88 Å². The monoisotopic (exact) mass is 395 g/mol. The highest BCUT2D eigenvalue weighted by Crippen LogP contribution is 2.29. The first-order chi connectivity index (χ1) is 14.2. The maximum absolute atomic E-state index is 12.9. The number of nitrogens with one attached hydrogen (secondary N) is 1. The number of aliphatic hydroxyl groups is 1. The first-order valence-corrected chi connectivity index (χ1v) is 10.6. The number of hydrogen-bond acceptors (Lipinski definition) is 5. The summed E-state index contributed by atoms with van der Waals surface area (Å²) in [4.78, 5) is 19.4. The number of ether oxygens (including phenoxy) is 1. The zero-order chi connectivity index (χ0) is 20.1. The second kappa shape index (κ2) is 9.27. The van der Waals surface area contributed by atoms with Crippen LogP contribution in [0.15, 0.2) is 42.6 Å². The maximum Gasteiger partial charge on any atom is 0.255 e. The Balaban J connectivity index is 1.45. The third-order valence-corrected chi connectivity index (χ3v) is 5.79. The molecule has 29 heavy (non-hydrogen) atoms. The fraction of sp³-hybridized carbons (Fsp3) is 0.478. The molecule has 2 fully saturated rings. The number of aliphatic hydroxyl groups excluding tert-OH is 1. The van der Waals surface area contributed by atoms with Gasteiger partial charge in [0.05, 0.1) is 17.5 Å². The fourth-order valence-electron chi connectivity index (χ4n) is 4.13. The van der Waals surface area contributed by atoms with Crippen molar-refractivity contribution in [2.75, 3.05) is 23.3 Å². The number of amides is 1. The highest BCUT2D eigenvalue weighted by Gasteiger charge is 2.21. The van der Waals surface area contributed by atoms with Gasteiger partial charge >= 0.3 is 0 Å². The van der Waals surface area contributed by atoms with Crippen LogP contribution < -0.4 is 15.0 Å². The standard InChI is InChI=1S/C23H29N3O3/c27-18-11-14-26(15-12-18)21-9-5-4-8-20(21)25-23(28)17-10-13-24-22(16-17)29-19-6-2-1-3-7-19/h4-5,8-10,13,16,18-19,27H,1-3,6-7,11-12,14-15H2,(H,25,28). The average molecular weight is 396 g/mol. The molecule has 0 atom stereocenters. The number of carbonyl (C=O) groups is 1. The van der Waals surface area contributed by atoms with Gasteiger partial charge in [0.25, 0.3) is 5.91 Å². The van der Waals surface area contributed by atoms with Gasteiger partial charge in [-0.25, -0.2) is 4.98 Å². The normalized spacial score (nSPS) is 18.4. The summed E-state index contributed by atoms with van der Waals surface area (Å²) in [6.45, 7) is 1.56. The second-order valence-electron chi connectivity index (χ2n) is 7.95. The van der Waals surface area contributed by atoms with E-state index in [1.165, 1.54) is 19.3 Å². The van der Waals surface area contributed by atoms with E-state index in [4.69, 9.17) is 4.74 Å². The molecule has 2 aliphatic rings. The van der Waals surface area contributed by atoms with Crippen molar-refractivity contribution >= 4 is 17.3 Å². The van der Waals surface area contributed by atoms with Gasteiger partial charge in [0, 0.05) is 30.9 Å². The molecule has 1 aliphatic heterocycles. The molecular formula is C23H29N3O3. The number of piperidine rings is 1. The number of carbonyl (C=O) groups excluding carboxylic acids is 1. The number of hydrogen-bond donors (Lipinski definition) is 2. The van der Waals surface area contributed by atoms with Gasteiger partial charge in [-0.05, 0) is 56.7 Å². The molecule has 2 heterocycles. The molecule has 1 saturated carbocycles. The van der Waals surface area contributed by atoms with E-state index in [1.54, 1.807) is 18.3 Å². The van der Waals surface area contributed by atoms with E-state index in [9.17, 15) is 9.90 Å². The number of nitrogens with zero attached hydrogens (tertiary/aromatic N) is 2. The van der Waals surface area contributed by atoms with E-state index < -0.39 is 0 Å². The summed E-state index contributed by atoms with van der Waals surface area (Å²) in [6.07, 6.45) is 8.84. The Labute approximate surface area is 171 Å². The number of para-hydroxylation sites is 2. The van der Waals surface area contributed by atoms with Crippen LogP contribution in [-0.2, 0) is 0 Å². The van der Waals surface area contributed by atoms with Crippen molar-refractivity contribution in [3.63, 3.8) is 0 Å². The van der Waals surface area contributed by atoms with Gasteiger partial charge in [0.15, 0.2) is 0 Å². The van der Waals surface area contributed by atoms with Crippen LogP contribution in [-0.4, -0.2) is 41.3 Å². The van der Waals surface area contributed by atoms with Crippen molar-refractivity contribution in [1.29, 1.82) is 0 Å². The van der Waals surface area contributed by atoms with E-state index in [-0.39, 0.29) is 18.1 Å². The molecule has 1 aliphatic carbocycles. The van der Waals surface area contributed by atoms with Crippen LogP contribution in [0.2, 0.25) is 0 Å². The smallest absolute Gasteiger partial charge is 0.255 e. The van der Waals surface area contributed by atoms with Gasteiger partial charge in [0.1, 0.15) is 6.10 Å². The highest BCUT2D eigenvalue weighted by atomic mass is 16.5. The van der Waals surface area contributed by atoms with Gasteiger partial charge in [-0.15, -0.1) is 0 Å². The van der Waals surface area contributed by atoms with E-state index in [1.807, 2.05) is 24.3 Å². The van der Waals surface area contributed by atoms with Gasteiger partial charge in [-0.3, -0.25) is 4.79 Å². The summed E-state index contributed by atoms with van der Waals surface area (Å²) < 4.78 is 6.00. The lowest BCUT2D eigenvalue weighted by molar-refractivity contribution is 0.102. The molecule has 2 aromatic rings. The first-order valence-electron chi connectivity index (χ1n) is 10.6. The Kier molecular flexibility index (Phi) is 6.30. The molecule has 1 aromatic heterocycles. The SMILES string of the molecule is O=C(Nc1ccccc1N1CCC(O)CC1)c1ccnc(OC2CCCCC2)c1. The quantitative estimate of drug-likeness (QED) is 0.800. The molecule has 4 rings (SSSR count). The molecule has 0 unspecified atom stereocenters. The van der Waals surface area contributed by atoms with Gasteiger partial charge in [-0.1, -0.05) is 18.6 Å². The van der Waals surface area contributed by atoms with Gasteiger partial charge < -0.3 is 20.1 Å². The minimum absolute atomic E-state index is 0.176. The Hall–Kier alpha value is -2.60. The number of anilines is 2.